The lowest BCUT2D eigenvalue weighted by Gasteiger charge is -2.08. The molecule has 1 saturated carbocycles. The number of H-pyrrole nitrogens is 1. The highest BCUT2D eigenvalue weighted by atomic mass is 16.1. The molecular formula is C16H19N3O. The smallest absolute Gasteiger partial charge is 0.268 e. The first-order chi connectivity index (χ1) is 9.63. The van der Waals surface area contributed by atoms with Crippen molar-refractivity contribution < 1.29 is 0 Å². The van der Waals surface area contributed by atoms with Gasteiger partial charge in [0.1, 0.15) is 0 Å². The van der Waals surface area contributed by atoms with E-state index in [-0.39, 0.29) is 5.56 Å². The molecule has 3 rings (SSSR count). The third-order valence-corrected chi connectivity index (χ3v) is 3.70. The Bertz CT molecular complexity index is 686. The highest BCUT2D eigenvalue weighted by Crippen LogP contribution is 2.22. The molecule has 0 atom stereocenters. The van der Waals surface area contributed by atoms with Gasteiger partial charge in [0, 0.05) is 23.7 Å². The van der Waals surface area contributed by atoms with Gasteiger partial charge in [0.05, 0.1) is 5.69 Å². The van der Waals surface area contributed by atoms with Crippen molar-refractivity contribution >= 4 is 0 Å². The maximum Gasteiger partial charge on any atom is 0.268 e. The average Bonchev–Trinajstić information content (AvgIpc) is 3.22. The zero-order valence-electron chi connectivity index (χ0n) is 11.9. The molecule has 4 heteroatoms. The summed E-state index contributed by atoms with van der Waals surface area (Å²) in [5, 5.41) is 10.2. The van der Waals surface area contributed by atoms with Crippen molar-refractivity contribution in [2.75, 3.05) is 0 Å². The molecule has 0 radical (unpaired) electrons. The second-order valence-electron chi connectivity index (χ2n) is 5.58. The van der Waals surface area contributed by atoms with Crippen LogP contribution in [0.3, 0.4) is 0 Å². The number of aromatic amines is 1. The van der Waals surface area contributed by atoms with Gasteiger partial charge in [0.2, 0.25) is 0 Å². The predicted molar refractivity (Wildman–Crippen MR) is 79.6 cm³/mol. The van der Waals surface area contributed by atoms with E-state index in [1.165, 1.54) is 24.0 Å². The zero-order valence-corrected chi connectivity index (χ0v) is 11.9. The van der Waals surface area contributed by atoms with Gasteiger partial charge in [-0.25, -0.2) is 5.10 Å². The molecule has 4 nitrogen and oxygen atoms in total. The van der Waals surface area contributed by atoms with Crippen LogP contribution in [0.25, 0.3) is 11.3 Å². The fourth-order valence-electron chi connectivity index (χ4n) is 2.36. The number of hydrogen-bond acceptors (Lipinski definition) is 3. The Morgan fingerprint density at radius 2 is 2.10 bits per heavy atom. The summed E-state index contributed by atoms with van der Waals surface area (Å²) in [4.78, 5) is 11.8. The molecule has 0 spiro atoms. The van der Waals surface area contributed by atoms with E-state index in [1.54, 1.807) is 0 Å². The summed E-state index contributed by atoms with van der Waals surface area (Å²) in [7, 11) is 0. The zero-order chi connectivity index (χ0) is 14.1. The first kappa shape index (κ1) is 13.1. The first-order valence-electron chi connectivity index (χ1n) is 7.03. The van der Waals surface area contributed by atoms with Crippen LogP contribution in [0, 0.1) is 13.8 Å². The van der Waals surface area contributed by atoms with Crippen molar-refractivity contribution in [2.45, 2.75) is 39.3 Å². The van der Waals surface area contributed by atoms with Crippen molar-refractivity contribution in [2.24, 2.45) is 0 Å². The van der Waals surface area contributed by atoms with Crippen LogP contribution in [0.15, 0.2) is 29.1 Å². The molecule has 104 valence electrons. The molecule has 1 aliphatic rings. The summed E-state index contributed by atoms with van der Waals surface area (Å²) in [6.45, 7) is 4.75. The van der Waals surface area contributed by atoms with E-state index >= 15 is 0 Å². The van der Waals surface area contributed by atoms with E-state index in [9.17, 15) is 4.79 Å². The van der Waals surface area contributed by atoms with Crippen LogP contribution in [0.4, 0.5) is 0 Å². The number of rotatable bonds is 4. The molecule has 0 amide bonds. The highest BCUT2D eigenvalue weighted by Gasteiger charge is 2.20. The van der Waals surface area contributed by atoms with Crippen LogP contribution in [0.2, 0.25) is 0 Å². The highest BCUT2D eigenvalue weighted by molar-refractivity contribution is 5.63. The minimum Gasteiger partial charge on any atom is -0.310 e. The van der Waals surface area contributed by atoms with Crippen molar-refractivity contribution in [1.82, 2.24) is 15.5 Å². The maximum absolute atomic E-state index is 11.8. The molecule has 0 aliphatic heterocycles. The summed E-state index contributed by atoms with van der Waals surface area (Å²) in [5.74, 6) is 0. The van der Waals surface area contributed by atoms with Crippen molar-refractivity contribution in [1.29, 1.82) is 0 Å². The minimum atomic E-state index is -0.105. The molecule has 2 aromatic rings. The predicted octanol–water partition coefficient (Wildman–Crippen LogP) is 2.31. The van der Waals surface area contributed by atoms with E-state index in [0.717, 1.165) is 16.8 Å². The fraction of sp³-hybridized carbons (Fsp3) is 0.375. The number of nitrogens with one attached hydrogen (secondary N) is 2. The van der Waals surface area contributed by atoms with E-state index in [1.807, 2.05) is 6.07 Å². The molecule has 1 heterocycles. The van der Waals surface area contributed by atoms with Gasteiger partial charge in [-0.05, 0) is 38.3 Å². The summed E-state index contributed by atoms with van der Waals surface area (Å²) < 4.78 is 0. The molecule has 1 aliphatic carbocycles. The average molecular weight is 269 g/mol. The van der Waals surface area contributed by atoms with Crippen LogP contribution < -0.4 is 10.9 Å². The van der Waals surface area contributed by atoms with Gasteiger partial charge >= 0.3 is 0 Å². The van der Waals surface area contributed by atoms with E-state index in [2.05, 4.69) is 47.6 Å². The number of hydrogen-bond donors (Lipinski definition) is 2. The van der Waals surface area contributed by atoms with Gasteiger partial charge in [-0.2, -0.15) is 5.10 Å². The quantitative estimate of drug-likeness (QED) is 0.895. The van der Waals surface area contributed by atoms with Gasteiger partial charge in [0.15, 0.2) is 0 Å². The fourth-order valence-corrected chi connectivity index (χ4v) is 2.36. The number of benzene rings is 1. The van der Waals surface area contributed by atoms with Crippen LogP contribution in [-0.2, 0) is 6.54 Å². The Kier molecular flexibility index (Phi) is 3.40. The molecule has 20 heavy (non-hydrogen) atoms. The molecule has 0 bridgehead atoms. The Labute approximate surface area is 118 Å². The lowest BCUT2D eigenvalue weighted by Crippen LogP contribution is -2.23. The third-order valence-electron chi connectivity index (χ3n) is 3.70. The molecular weight excluding hydrogens is 250 g/mol. The lowest BCUT2D eigenvalue weighted by molar-refractivity contribution is 0.679. The van der Waals surface area contributed by atoms with Crippen molar-refractivity contribution in [3.63, 3.8) is 0 Å². The number of nitrogens with zero attached hydrogens (tertiary/aromatic N) is 1. The first-order valence-corrected chi connectivity index (χ1v) is 7.03. The maximum atomic E-state index is 11.8. The topological polar surface area (TPSA) is 57.8 Å². The van der Waals surface area contributed by atoms with Gasteiger partial charge in [-0.1, -0.05) is 23.8 Å². The van der Waals surface area contributed by atoms with Crippen molar-refractivity contribution in [3.8, 4) is 11.3 Å². The van der Waals surface area contributed by atoms with E-state index in [0.29, 0.717) is 12.6 Å². The second-order valence-corrected chi connectivity index (χ2v) is 5.58. The molecule has 2 N–H and O–H groups in total. The third kappa shape index (κ3) is 2.80. The molecule has 0 unspecified atom stereocenters. The number of aryl methyl sites for hydroxylation is 2. The summed E-state index contributed by atoms with van der Waals surface area (Å²) in [6, 6.07) is 8.74. The van der Waals surface area contributed by atoms with Gasteiger partial charge < -0.3 is 5.32 Å². The summed E-state index contributed by atoms with van der Waals surface area (Å²) in [5.41, 5.74) is 4.94. The second kappa shape index (κ2) is 5.21. The number of aromatic nitrogens is 2. The monoisotopic (exact) mass is 269 g/mol. The van der Waals surface area contributed by atoms with Crippen LogP contribution in [-0.4, -0.2) is 16.2 Å². The normalized spacial score (nSPS) is 14.5. The minimum absolute atomic E-state index is 0.105. The molecule has 1 aromatic heterocycles. The summed E-state index contributed by atoms with van der Waals surface area (Å²) in [6.07, 6.45) is 2.43. The Morgan fingerprint density at radius 1 is 1.30 bits per heavy atom. The van der Waals surface area contributed by atoms with E-state index in [4.69, 9.17) is 0 Å². The van der Waals surface area contributed by atoms with Crippen LogP contribution in [0.5, 0.6) is 0 Å². The largest absolute Gasteiger partial charge is 0.310 e. The lowest BCUT2D eigenvalue weighted by atomic mass is 10.0. The SMILES string of the molecule is Cc1ccc(-c2cc(CNC3CC3)c(=O)[nH]n2)c(C)c1. The van der Waals surface area contributed by atoms with Gasteiger partial charge in [0.25, 0.3) is 5.56 Å². The van der Waals surface area contributed by atoms with Crippen LogP contribution >= 0.6 is 0 Å². The van der Waals surface area contributed by atoms with Crippen LogP contribution in [0.1, 0.15) is 29.5 Å². The standard InChI is InChI=1S/C16H19N3O/c1-10-3-6-14(11(2)7-10)15-8-12(16(20)19-18-15)9-17-13-4-5-13/h3,6-8,13,17H,4-5,9H2,1-2H3,(H,19,20). The Morgan fingerprint density at radius 3 is 2.80 bits per heavy atom. The Balaban J connectivity index is 1.92. The van der Waals surface area contributed by atoms with Crippen molar-refractivity contribution in [3.05, 3.63) is 51.3 Å². The molecule has 0 saturated heterocycles. The molecule has 1 fully saturated rings. The van der Waals surface area contributed by atoms with E-state index < -0.39 is 0 Å². The Hall–Kier alpha value is -1.94. The van der Waals surface area contributed by atoms with Gasteiger partial charge in [-0.15, -0.1) is 0 Å². The van der Waals surface area contributed by atoms with Gasteiger partial charge in [-0.3, -0.25) is 4.79 Å². The summed E-state index contributed by atoms with van der Waals surface area (Å²) >= 11 is 0. The molecule has 1 aromatic carbocycles.